The third-order valence-electron chi connectivity index (χ3n) is 5.21. The number of nitrogens with one attached hydrogen (secondary N) is 1. The zero-order valence-corrected chi connectivity index (χ0v) is 19.8. The van der Waals surface area contributed by atoms with Crippen LogP contribution in [0.3, 0.4) is 0 Å². The molecular formula is C24H29N5O3S. The highest BCUT2D eigenvalue weighted by Crippen LogP contribution is 2.28. The van der Waals surface area contributed by atoms with Crippen LogP contribution in [0.4, 0.5) is 5.69 Å². The van der Waals surface area contributed by atoms with Crippen molar-refractivity contribution in [1.82, 2.24) is 20.1 Å². The third kappa shape index (κ3) is 6.89. The minimum Gasteiger partial charge on any atom is -0.346 e. The van der Waals surface area contributed by atoms with Gasteiger partial charge < -0.3 is 5.32 Å². The maximum Gasteiger partial charge on any atom is 0.269 e. The minimum absolute atomic E-state index is 0.0142. The first-order valence-corrected chi connectivity index (χ1v) is 12.1. The number of aromatic nitrogens is 3. The molecule has 9 heteroatoms. The van der Waals surface area contributed by atoms with E-state index in [1.165, 1.54) is 23.9 Å². The molecule has 0 aliphatic heterocycles. The van der Waals surface area contributed by atoms with Crippen LogP contribution in [-0.4, -0.2) is 25.6 Å². The summed E-state index contributed by atoms with van der Waals surface area (Å²) in [6.45, 7) is 4.02. The number of benzene rings is 2. The maximum atomic E-state index is 12.4. The molecule has 33 heavy (non-hydrogen) atoms. The summed E-state index contributed by atoms with van der Waals surface area (Å²) >= 11 is 1.52. The minimum atomic E-state index is -0.427. The number of amides is 1. The number of nitro benzene ring substituents is 1. The van der Waals surface area contributed by atoms with Gasteiger partial charge in [0.25, 0.3) is 5.69 Å². The highest BCUT2D eigenvalue weighted by molar-refractivity contribution is 7.98. The zero-order chi connectivity index (χ0) is 23.6. The Morgan fingerprint density at radius 2 is 1.82 bits per heavy atom. The van der Waals surface area contributed by atoms with E-state index in [-0.39, 0.29) is 17.6 Å². The number of unbranched alkanes of at least 4 members (excludes halogenated alkanes) is 3. The van der Waals surface area contributed by atoms with Crippen LogP contribution >= 0.6 is 11.8 Å². The number of hydrogen-bond acceptors (Lipinski definition) is 6. The van der Waals surface area contributed by atoms with E-state index in [1.54, 1.807) is 12.1 Å². The van der Waals surface area contributed by atoms with E-state index >= 15 is 0 Å². The maximum absolute atomic E-state index is 12.4. The molecule has 0 radical (unpaired) electrons. The topological polar surface area (TPSA) is 103 Å². The average molecular weight is 468 g/mol. The third-order valence-corrected chi connectivity index (χ3v) is 6.21. The highest BCUT2D eigenvalue weighted by atomic mass is 32.2. The molecule has 0 spiro atoms. The molecule has 8 nitrogen and oxygen atoms in total. The summed E-state index contributed by atoms with van der Waals surface area (Å²) in [5.41, 5.74) is 1.87. The molecule has 0 saturated carbocycles. The van der Waals surface area contributed by atoms with Gasteiger partial charge in [-0.15, -0.1) is 10.2 Å². The Morgan fingerprint density at radius 3 is 2.48 bits per heavy atom. The summed E-state index contributed by atoms with van der Waals surface area (Å²) in [6.07, 6.45) is 4.63. The molecule has 1 unspecified atom stereocenters. The molecule has 1 heterocycles. The molecule has 0 bridgehead atoms. The van der Waals surface area contributed by atoms with Crippen LogP contribution < -0.4 is 5.32 Å². The molecule has 174 valence electrons. The number of carbonyl (C=O) groups excluding carboxylic acids is 1. The van der Waals surface area contributed by atoms with Crippen LogP contribution in [-0.2, 0) is 10.5 Å². The van der Waals surface area contributed by atoms with Crippen molar-refractivity contribution < 1.29 is 9.72 Å². The van der Waals surface area contributed by atoms with Crippen LogP contribution in [0.5, 0.6) is 0 Å². The van der Waals surface area contributed by atoms with Gasteiger partial charge in [0, 0.05) is 30.0 Å². The van der Waals surface area contributed by atoms with Crippen molar-refractivity contribution in [3.63, 3.8) is 0 Å². The van der Waals surface area contributed by atoms with Crippen molar-refractivity contribution in [2.45, 2.75) is 62.9 Å². The molecule has 2 aromatic carbocycles. The summed E-state index contributed by atoms with van der Waals surface area (Å²) < 4.78 is 1.86. The van der Waals surface area contributed by atoms with E-state index in [0.29, 0.717) is 28.8 Å². The fourth-order valence-electron chi connectivity index (χ4n) is 3.43. The van der Waals surface area contributed by atoms with E-state index in [0.717, 1.165) is 31.2 Å². The molecular weight excluding hydrogens is 438 g/mol. The second-order valence-electron chi connectivity index (χ2n) is 7.82. The van der Waals surface area contributed by atoms with Gasteiger partial charge in [-0.05, 0) is 31.0 Å². The predicted octanol–water partition coefficient (Wildman–Crippen LogP) is 5.62. The van der Waals surface area contributed by atoms with Gasteiger partial charge in [0.15, 0.2) is 11.0 Å². The van der Waals surface area contributed by atoms with Crippen molar-refractivity contribution in [3.05, 3.63) is 76.1 Å². The Bertz CT molecular complexity index is 1050. The van der Waals surface area contributed by atoms with Gasteiger partial charge in [-0.1, -0.05) is 68.3 Å². The van der Waals surface area contributed by atoms with Gasteiger partial charge in [-0.2, -0.15) is 0 Å². The van der Waals surface area contributed by atoms with E-state index in [1.807, 2.05) is 41.8 Å². The number of thioether (sulfide) groups is 1. The summed E-state index contributed by atoms with van der Waals surface area (Å²) in [6, 6.07) is 15.9. The average Bonchev–Trinajstić information content (AvgIpc) is 3.25. The number of rotatable bonds is 12. The number of non-ortho nitro benzene ring substituents is 1. The molecule has 0 aliphatic carbocycles. The monoisotopic (exact) mass is 467 g/mol. The fourth-order valence-corrected chi connectivity index (χ4v) is 4.35. The van der Waals surface area contributed by atoms with Crippen molar-refractivity contribution in [3.8, 4) is 5.69 Å². The first-order chi connectivity index (χ1) is 16.0. The normalized spacial score (nSPS) is 11.8. The number of hydrogen-bond donors (Lipinski definition) is 1. The molecule has 1 N–H and O–H groups in total. The molecule has 1 amide bonds. The van der Waals surface area contributed by atoms with Gasteiger partial charge in [0.2, 0.25) is 5.91 Å². The van der Waals surface area contributed by atoms with Crippen molar-refractivity contribution in [2.24, 2.45) is 0 Å². The summed E-state index contributed by atoms with van der Waals surface area (Å²) in [7, 11) is 0. The second-order valence-corrected chi connectivity index (χ2v) is 8.77. The van der Waals surface area contributed by atoms with Crippen LogP contribution in [0, 0.1) is 10.1 Å². The van der Waals surface area contributed by atoms with Crippen molar-refractivity contribution >= 4 is 23.4 Å². The SMILES string of the molecule is CCCCCCC(=O)NC(C)c1nnc(SCc2ccccc2)n1-c1ccc([N+](=O)[O-])cc1. The Hall–Kier alpha value is -3.20. The summed E-state index contributed by atoms with van der Waals surface area (Å²) in [5.74, 6) is 1.26. The Labute approximate surface area is 198 Å². The number of nitrogens with zero attached hydrogens (tertiary/aromatic N) is 4. The van der Waals surface area contributed by atoms with E-state index < -0.39 is 4.92 Å². The van der Waals surface area contributed by atoms with Gasteiger partial charge in [-0.3, -0.25) is 19.5 Å². The molecule has 3 aromatic rings. The van der Waals surface area contributed by atoms with E-state index in [2.05, 4.69) is 22.4 Å². The van der Waals surface area contributed by atoms with Gasteiger partial charge in [0.05, 0.1) is 11.0 Å². The number of nitro groups is 1. The van der Waals surface area contributed by atoms with Crippen LogP contribution in [0.25, 0.3) is 5.69 Å². The Kier molecular flexibility index (Phi) is 9.00. The molecule has 3 rings (SSSR count). The molecule has 1 aromatic heterocycles. The molecule has 0 saturated heterocycles. The lowest BCUT2D eigenvalue weighted by Gasteiger charge is -2.16. The molecule has 0 fully saturated rings. The van der Waals surface area contributed by atoms with Crippen LogP contribution in [0.1, 0.15) is 63.4 Å². The van der Waals surface area contributed by atoms with Crippen LogP contribution in [0.15, 0.2) is 59.8 Å². The van der Waals surface area contributed by atoms with Gasteiger partial charge in [0.1, 0.15) is 0 Å². The Balaban J connectivity index is 1.82. The lowest BCUT2D eigenvalue weighted by Crippen LogP contribution is -2.28. The van der Waals surface area contributed by atoms with E-state index in [4.69, 9.17) is 0 Å². The van der Waals surface area contributed by atoms with Crippen molar-refractivity contribution in [2.75, 3.05) is 0 Å². The smallest absolute Gasteiger partial charge is 0.269 e. The standard InChI is InChI=1S/C24H29N5O3S/c1-3-4-5-9-12-22(30)25-18(2)23-26-27-24(33-17-19-10-7-6-8-11-19)28(23)20-13-15-21(16-14-20)29(31)32/h6-8,10-11,13-16,18H,3-5,9,12,17H2,1-2H3,(H,25,30). The largest absolute Gasteiger partial charge is 0.346 e. The van der Waals surface area contributed by atoms with Gasteiger partial charge >= 0.3 is 0 Å². The lowest BCUT2D eigenvalue weighted by molar-refractivity contribution is -0.384. The second kappa shape index (κ2) is 12.2. The van der Waals surface area contributed by atoms with Gasteiger partial charge in [-0.25, -0.2) is 0 Å². The number of carbonyl (C=O) groups is 1. The predicted molar refractivity (Wildman–Crippen MR) is 129 cm³/mol. The van der Waals surface area contributed by atoms with Crippen LogP contribution in [0.2, 0.25) is 0 Å². The van der Waals surface area contributed by atoms with E-state index in [9.17, 15) is 14.9 Å². The Morgan fingerprint density at radius 1 is 1.09 bits per heavy atom. The summed E-state index contributed by atoms with van der Waals surface area (Å²) in [5, 5.41) is 23.5. The molecule has 0 aliphatic rings. The zero-order valence-electron chi connectivity index (χ0n) is 18.9. The first kappa shape index (κ1) is 24.4. The molecule has 1 atom stereocenters. The first-order valence-electron chi connectivity index (χ1n) is 11.2. The fraction of sp³-hybridized carbons (Fsp3) is 0.375. The highest BCUT2D eigenvalue weighted by Gasteiger charge is 2.21. The lowest BCUT2D eigenvalue weighted by atomic mass is 10.1. The van der Waals surface area contributed by atoms with Crippen molar-refractivity contribution in [1.29, 1.82) is 0 Å². The quantitative estimate of drug-likeness (QED) is 0.161. The summed E-state index contributed by atoms with van der Waals surface area (Å²) in [4.78, 5) is 23.1.